The van der Waals surface area contributed by atoms with Crippen LogP contribution in [0.15, 0.2) is 18.5 Å². The number of aromatic nitrogens is 2. The molecule has 0 amide bonds. The number of pyridine rings is 2. The van der Waals surface area contributed by atoms with Gasteiger partial charge in [-0.15, -0.1) is 0 Å². The predicted molar refractivity (Wildman–Crippen MR) is 126 cm³/mol. The molecular formula is C26H34FN3O3. The molecule has 0 bridgehead atoms. The van der Waals surface area contributed by atoms with Crippen LogP contribution in [0.4, 0.5) is 10.1 Å². The highest BCUT2D eigenvalue weighted by molar-refractivity contribution is 5.84. The molecule has 2 fully saturated rings. The molecular weight excluding hydrogens is 421 g/mol. The van der Waals surface area contributed by atoms with E-state index in [-0.39, 0.29) is 17.7 Å². The zero-order valence-corrected chi connectivity index (χ0v) is 20.0. The molecule has 0 radical (unpaired) electrons. The molecule has 2 aliphatic rings. The topological polar surface area (TPSA) is 75.6 Å². The maximum atomic E-state index is 14.9. The maximum Gasteiger partial charge on any atom is 0.307 e. The molecule has 6 nitrogen and oxygen atoms in total. The molecule has 1 aliphatic heterocycles. The number of halogens is 1. The summed E-state index contributed by atoms with van der Waals surface area (Å²) >= 11 is 0. The van der Waals surface area contributed by atoms with Crippen molar-refractivity contribution in [2.45, 2.75) is 59.8 Å². The molecule has 1 saturated heterocycles. The van der Waals surface area contributed by atoms with Gasteiger partial charge in [-0.2, -0.15) is 0 Å². The first-order valence-corrected chi connectivity index (χ1v) is 11.9. The first kappa shape index (κ1) is 23.5. The number of nitrogens with zero attached hydrogens (tertiary/aromatic N) is 3. The van der Waals surface area contributed by atoms with Crippen LogP contribution in [0.3, 0.4) is 0 Å². The van der Waals surface area contributed by atoms with E-state index in [4.69, 9.17) is 4.74 Å². The number of carboxylic acids is 1. The minimum atomic E-state index is -0.908. The van der Waals surface area contributed by atoms with Crippen molar-refractivity contribution >= 4 is 11.7 Å². The van der Waals surface area contributed by atoms with Crippen LogP contribution < -0.4 is 9.64 Å². The van der Waals surface area contributed by atoms with Gasteiger partial charge in [0.2, 0.25) is 5.88 Å². The largest absolute Gasteiger partial charge is 0.481 e. The molecule has 0 aromatic carbocycles. The standard InChI is InChI=1S/C26H34FN3O3/c1-16-9-18(10-16)15-33-25-22(27)11-19(13-29-25)21-14-28-17(2)20(12-23(31)32)24(21)30-7-5-26(3,4)6-8-30/h11,13-14,16,18H,5-10,12,15H2,1-4H3,(H,31,32). The van der Waals surface area contributed by atoms with Gasteiger partial charge in [-0.3, -0.25) is 9.78 Å². The zero-order chi connectivity index (χ0) is 23.8. The summed E-state index contributed by atoms with van der Waals surface area (Å²) in [6, 6.07) is 1.43. The third-order valence-electron chi connectivity index (χ3n) is 7.17. The van der Waals surface area contributed by atoms with Gasteiger partial charge in [0.25, 0.3) is 0 Å². The first-order valence-electron chi connectivity index (χ1n) is 11.9. The third-order valence-corrected chi connectivity index (χ3v) is 7.17. The molecule has 0 atom stereocenters. The van der Waals surface area contributed by atoms with Gasteiger partial charge in [-0.1, -0.05) is 20.8 Å². The lowest BCUT2D eigenvalue weighted by Gasteiger charge is -2.40. The van der Waals surface area contributed by atoms with Crippen LogP contribution in [0.25, 0.3) is 11.1 Å². The van der Waals surface area contributed by atoms with Gasteiger partial charge in [0, 0.05) is 47.9 Å². The van der Waals surface area contributed by atoms with Crippen LogP contribution in [0.2, 0.25) is 0 Å². The van der Waals surface area contributed by atoms with Crippen LogP contribution >= 0.6 is 0 Å². The number of aryl methyl sites for hydroxylation is 1. The Labute approximate surface area is 195 Å². The van der Waals surface area contributed by atoms with Gasteiger partial charge in [0.05, 0.1) is 18.7 Å². The zero-order valence-electron chi connectivity index (χ0n) is 20.0. The molecule has 178 valence electrons. The minimum Gasteiger partial charge on any atom is -0.481 e. The van der Waals surface area contributed by atoms with Gasteiger partial charge in [0.15, 0.2) is 5.82 Å². The SMILES string of the molecule is Cc1ncc(-c2cnc(OCC3CC(C)C3)c(F)c2)c(N2CCC(C)(C)CC2)c1CC(=O)O. The normalized spacial score (nSPS) is 22.0. The molecule has 3 heterocycles. The van der Waals surface area contributed by atoms with E-state index < -0.39 is 11.8 Å². The summed E-state index contributed by atoms with van der Waals surface area (Å²) < 4.78 is 20.6. The van der Waals surface area contributed by atoms with Gasteiger partial charge in [-0.25, -0.2) is 9.37 Å². The van der Waals surface area contributed by atoms with Crippen molar-refractivity contribution in [3.63, 3.8) is 0 Å². The van der Waals surface area contributed by atoms with Crippen LogP contribution in [0.5, 0.6) is 5.88 Å². The van der Waals surface area contributed by atoms with Crippen molar-refractivity contribution in [1.29, 1.82) is 0 Å². The molecule has 33 heavy (non-hydrogen) atoms. The molecule has 4 rings (SSSR count). The lowest BCUT2D eigenvalue weighted by atomic mass is 9.77. The summed E-state index contributed by atoms with van der Waals surface area (Å²) in [6.45, 7) is 10.7. The van der Waals surface area contributed by atoms with Crippen LogP contribution in [-0.4, -0.2) is 40.7 Å². The molecule has 2 aromatic rings. The number of carboxylic acid groups (broad SMARTS) is 1. The molecule has 7 heteroatoms. The van der Waals surface area contributed by atoms with Crippen molar-refractivity contribution in [2.75, 3.05) is 24.6 Å². The van der Waals surface area contributed by atoms with E-state index in [1.54, 1.807) is 12.4 Å². The summed E-state index contributed by atoms with van der Waals surface area (Å²) in [6.07, 6.45) is 7.41. The lowest BCUT2D eigenvalue weighted by Crippen LogP contribution is -2.38. The Balaban J connectivity index is 1.66. The van der Waals surface area contributed by atoms with E-state index in [1.165, 1.54) is 6.07 Å². The van der Waals surface area contributed by atoms with Gasteiger partial charge >= 0.3 is 5.97 Å². The van der Waals surface area contributed by atoms with Crippen molar-refractivity contribution in [1.82, 2.24) is 9.97 Å². The Morgan fingerprint density at radius 3 is 2.55 bits per heavy atom. The van der Waals surface area contributed by atoms with E-state index >= 15 is 0 Å². The summed E-state index contributed by atoms with van der Waals surface area (Å²) in [5, 5.41) is 9.55. The number of piperidine rings is 1. The number of aliphatic carboxylic acids is 1. The number of carbonyl (C=O) groups is 1. The van der Waals surface area contributed by atoms with Crippen molar-refractivity contribution in [2.24, 2.45) is 17.3 Å². The predicted octanol–water partition coefficient (Wildman–Crippen LogP) is 5.27. The van der Waals surface area contributed by atoms with Crippen LogP contribution in [0, 0.1) is 30.0 Å². The monoisotopic (exact) mass is 455 g/mol. The fourth-order valence-electron chi connectivity index (χ4n) is 4.99. The third kappa shape index (κ3) is 5.28. The molecule has 2 aromatic heterocycles. The van der Waals surface area contributed by atoms with Crippen LogP contribution in [-0.2, 0) is 11.2 Å². The fourth-order valence-corrected chi connectivity index (χ4v) is 4.99. The lowest BCUT2D eigenvalue weighted by molar-refractivity contribution is -0.136. The van der Waals surface area contributed by atoms with Crippen molar-refractivity contribution in [3.05, 3.63) is 35.5 Å². The summed E-state index contributed by atoms with van der Waals surface area (Å²) in [4.78, 5) is 22.6. The van der Waals surface area contributed by atoms with E-state index in [1.807, 2.05) is 6.92 Å². The summed E-state index contributed by atoms with van der Waals surface area (Å²) in [5.41, 5.74) is 3.73. The van der Waals surface area contributed by atoms with Gasteiger partial charge < -0.3 is 14.7 Å². The number of hydrogen-bond acceptors (Lipinski definition) is 5. The van der Waals surface area contributed by atoms with Gasteiger partial charge in [-0.05, 0) is 55.9 Å². The second-order valence-corrected chi connectivity index (χ2v) is 10.6. The molecule has 0 unspecified atom stereocenters. The Kier molecular flexibility index (Phi) is 6.59. The minimum absolute atomic E-state index is 0.0189. The second-order valence-electron chi connectivity index (χ2n) is 10.6. The summed E-state index contributed by atoms with van der Waals surface area (Å²) in [7, 11) is 0. The molecule has 1 aliphatic carbocycles. The fraction of sp³-hybridized carbons (Fsp3) is 0.577. The number of anilines is 1. The van der Waals surface area contributed by atoms with Crippen molar-refractivity contribution < 1.29 is 19.0 Å². The second kappa shape index (κ2) is 9.27. The Morgan fingerprint density at radius 1 is 1.24 bits per heavy atom. The Hall–Kier alpha value is -2.70. The van der Waals surface area contributed by atoms with E-state index in [9.17, 15) is 14.3 Å². The van der Waals surface area contributed by atoms with Crippen LogP contribution in [0.1, 0.15) is 57.7 Å². The average Bonchev–Trinajstić information content (AvgIpc) is 2.72. The molecule has 1 saturated carbocycles. The first-order chi connectivity index (χ1) is 15.6. The van der Waals surface area contributed by atoms with E-state index in [2.05, 4.69) is 35.6 Å². The Morgan fingerprint density at radius 2 is 1.94 bits per heavy atom. The smallest absolute Gasteiger partial charge is 0.307 e. The quantitative estimate of drug-likeness (QED) is 0.613. The summed E-state index contributed by atoms with van der Waals surface area (Å²) in [5.74, 6) is -0.215. The number of hydrogen-bond donors (Lipinski definition) is 1. The molecule has 1 N–H and O–H groups in total. The highest BCUT2D eigenvalue weighted by Crippen LogP contribution is 2.40. The number of rotatable bonds is 7. The highest BCUT2D eigenvalue weighted by atomic mass is 19.1. The van der Waals surface area contributed by atoms with E-state index in [0.29, 0.717) is 40.8 Å². The Bertz CT molecular complexity index is 1020. The van der Waals surface area contributed by atoms with Crippen molar-refractivity contribution in [3.8, 4) is 17.0 Å². The average molecular weight is 456 g/mol. The number of ether oxygens (including phenoxy) is 1. The van der Waals surface area contributed by atoms with E-state index in [0.717, 1.165) is 44.5 Å². The van der Waals surface area contributed by atoms with Gasteiger partial charge in [0.1, 0.15) is 0 Å². The maximum absolute atomic E-state index is 14.9. The highest BCUT2D eigenvalue weighted by Gasteiger charge is 2.30. The molecule has 0 spiro atoms.